The first-order valence-corrected chi connectivity index (χ1v) is 6.13. The number of fused-ring (bicyclic) bond motifs is 1. The molecule has 0 bridgehead atoms. The fraction of sp³-hybridized carbons (Fsp3) is 0.429. The van der Waals surface area contributed by atoms with Gasteiger partial charge in [0.1, 0.15) is 0 Å². The van der Waals surface area contributed by atoms with Gasteiger partial charge in [-0.25, -0.2) is 0 Å². The molecule has 1 aliphatic rings. The van der Waals surface area contributed by atoms with Gasteiger partial charge < -0.3 is 10.3 Å². The molecule has 1 heterocycles. The fourth-order valence-electron chi connectivity index (χ4n) is 2.46. The van der Waals surface area contributed by atoms with Gasteiger partial charge in [0.15, 0.2) is 0 Å². The molecule has 2 heteroatoms. The maximum absolute atomic E-state index is 3.62. The number of rotatable bonds is 3. The zero-order valence-corrected chi connectivity index (χ0v) is 9.72. The second-order valence-corrected chi connectivity index (χ2v) is 4.82. The van der Waals surface area contributed by atoms with Gasteiger partial charge in [-0.15, -0.1) is 0 Å². The lowest BCUT2D eigenvalue weighted by Crippen LogP contribution is -2.34. The summed E-state index contributed by atoms with van der Waals surface area (Å²) < 4.78 is 0. The highest BCUT2D eigenvalue weighted by atomic mass is 14.9. The van der Waals surface area contributed by atoms with E-state index in [9.17, 15) is 0 Å². The van der Waals surface area contributed by atoms with Crippen molar-refractivity contribution in [2.24, 2.45) is 0 Å². The Morgan fingerprint density at radius 3 is 3.00 bits per heavy atom. The zero-order chi connectivity index (χ0) is 11.0. The van der Waals surface area contributed by atoms with E-state index in [-0.39, 0.29) is 0 Å². The van der Waals surface area contributed by atoms with Gasteiger partial charge in [0.25, 0.3) is 0 Å². The quantitative estimate of drug-likeness (QED) is 0.807. The molecule has 2 nitrogen and oxygen atoms in total. The van der Waals surface area contributed by atoms with E-state index in [2.05, 4.69) is 41.6 Å². The third-order valence-electron chi connectivity index (χ3n) is 3.68. The van der Waals surface area contributed by atoms with E-state index in [1.807, 2.05) is 0 Å². The zero-order valence-electron chi connectivity index (χ0n) is 9.72. The van der Waals surface area contributed by atoms with E-state index in [1.165, 1.54) is 41.3 Å². The highest BCUT2D eigenvalue weighted by Crippen LogP contribution is 2.23. The number of benzene rings is 1. The van der Waals surface area contributed by atoms with E-state index in [1.54, 1.807) is 0 Å². The molecule has 2 N–H and O–H groups in total. The van der Waals surface area contributed by atoms with E-state index in [0.717, 1.165) is 12.6 Å². The molecule has 0 amide bonds. The Kier molecular flexibility index (Phi) is 2.44. The van der Waals surface area contributed by atoms with Crippen molar-refractivity contribution in [3.8, 4) is 0 Å². The number of hydrogen-bond donors (Lipinski definition) is 2. The molecule has 84 valence electrons. The van der Waals surface area contributed by atoms with Crippen LogP contribution in [0.25, 0.3) is 10.9 Å². The summed E-state index contributed by atoms with van der Waals surface area (Å²) in [5.41, 5.74) is 4.02. The minimum Gasteiger partial charge on any atom is -0.361 e. The van der Waals surface area contributed by atoms with Crippen molar-refractivity contribution in [3.05, 3.63) is 35.5 Å². The van der Waals surface area contributed by atoms with Crippen molar-refractivity contribution in [1.82, 2.24) is 10.3 Å². The van der Waals surface area contributed by atoms with Gasteiger partial charge >= 0.3 is 0 Å². The monoisotopic (exact) mass is 214 g/mol. The molecule has 1 saturated carbocycles. The normalized spacial score (nSPS) is 16.6. The molecule has 3 rings (SSSR count). The van der Waals surface area contributed by atoms with Gasteiger partial charge in [-0.2, -0.15) is 0 Å². The standard InChI is InChI=1S/C14H18N2/c1-10-4-2-7-13-14(10)11(9-16-13)8-15-12-5-3-6-12/h2,4,7,9,12,15-16H,3,5-6,8H2,1H3. The number of hydrogen-bond acceptors (Lipinski definition) is 1. The molecule has 1 aromatic carbocycles. The summed E-state index contributed by atoms with van der Waals surface area (Å²) >= 11 is 0. The molecule has 1 aromatic heterocycles. The topological polar surface area (TPSA) is 27.8 Å². The molecule has 1 aliphatic carbocycles. The third kappa shape index (κ3) is 1.63. The van der Waals surface area contributed by atoms with Crippen molar-refractivity contribution in [3.63, 3.8) is 0 Å². The average Bonchev–Trinajstić information content (AvgIpc) is 2.61. The molecule has 0 spiro atoms. The number of H-pyrrole nitrogens is 1. The first-order valence-electron chi connectivity index (χ1n) is 6.13. The Balaban J connectivity index is 1.85. The minimum atomic E-state index is 0.758. The molecule has 0 radical (unpaired) electrons. The van der Waals surface area contributed by atoms with E-state index in [0.29, 0.717) is 0 Å². The van der Waals surface area contributed by atoms with Crippen LogP contribution in [0.4, 0.5) is 0 Å². The van der Waals surface area contributed by atoms with E-state index in [4.69, 9.17) is 0 Å². The second kappa shape index (κ2) is 3.95. The minimum absolute atomic E-state index is 0.758. The van der Waals surface area contributed by atoms with Crippen molar-refractivity contribution >= 4 is 10.9 Å². The highest BCUT2D eigenvalue weighted by molar-refractivity contribution is 5.86. The predicted molar refractivity (Wildman–Crippen MR) is 67.5 cm³/mol. The number of aromatic nitrogens is 1. The van der Waals surface area contributed by atoms with Crippen LogP contribution >= 0.6 is 0 Å². The van der Waals surface area contributed by atoms with Crippen LogP contribution in [0.2, 0.25) is 0 Å². The van der Waals surface area contributed by atoms with Crippen molar-refractivity contribution in [2.75, 3.05) is 0 Å². The molecule has 0 saturated heterocycles. The summed E-state index contributed by atoms with van der Waals surface area (Å²) in [6.45, 7) is 3.18. The molecular formula is C14H18N2. The summed E-state index contributed by atoms with van der Waals surface area (Å²) in [7, 11) is 0. The summed E-state index contributed by atoms with van der Waals surface area (Å²) in [6, 6.07) is 7.20. The van der Waals surface area contributed by atoms with Crippen molar-refractivity contribution in [1.29, 1.82) is 0 Å². The number of nitrogens with one attached hydrogen (secondary N) is 2. The van der Waals surface area contributed by atoms with E-state index >= 15 is 0 Å². The Morgan fingerprint density at radius 2 is 2.25 bits per heavy atom. The largest absolute Gasteiger partial charge is 0.361 e. The molecular weight excluding hydrogens is 196 g/mol. The van der Waals surface area contributed by atoms with Crippen molar-refractivity contribution < 1.29 is 0 Å². The summed E-state index contributed by atoms with van der Waals surface area (Å²) in [6.07, 6.45) is 6.23. The first-order chi connectivity index (χ1) is 7.84. The lowest BCUT2D eigenvalue weighted by molar-refractivity contribution is 0.338. The van der Waals surface area contributed by atoms with Crippen molar-refractivity contribution in [2.45, 2.75) is 38.8 Å². The lowest BCUT2D eigenvalue weighted by Gasteiger charge is -2.26. The third-order valence-corrected chi connectivity index (χ3v) is 3.68. The van der Waals surface area contributed by atoms with Crippen LogP contribution in [0.1, 0.15) is 30.4 Å². The maximum Gasteiger partial charge on any atom is 0.0459 e. The SMILES string of the molecule is Cc1cccc2[nH]cc(CNC3CCC3)c12. The van der Waals surface area contributed by atoms with Gasteiger partial charge in [0, 0.05) is 29.7 Å². The lowest BCUT2D eigenvalue weighted by atomic mass is 9.93. The summed E-state index contributed by atoms with van der Waals surface area (Å²) in [5, 5.41) is 5.02. The van der Waals surface area contributed by atoms with E-state index < -0.39 is 0 Å². The fourth-order valence-corrected chi connectivity index (χ4v) is 2.46. The average molecular weight is 214 g/mol. The van der Waals surface area contributed by atoms with Gasteiger partial charge in [0.2, 0.25) is 0 Å². The van der Waals surface area contributed by atoms with Gasteiger partial charge in [0.05, 0.1) is 0 Å². The molecule has 0 atom stereocenters. The van der Waals surface area contributed by atoms with Gasteiger partial charge in [-0.1, -0.05) is 18.6 Å². The van der Waals surface area contributed by atoms with Crippen LogP contribution in [-0.4, -0.2) is 11.0 Å². The second-order valence-electron chi connectivity index (χ2n) is 4.82. The predicted octanol–water partition coefficient (Wildman–Crippen LogP) is 3.12. The Bertz CT molecular complexity index is 494. The highest BCUT2D eigenvalue weighted by Gasteiger charge is 2.16. The van der Waals surface area contributed by atoms with Crippen LogP contribution < -0.4 is 5.32 Å². The van der Waals surface area contributed by atoms with Crippen LogP contribution in [0.5, 0.6) is 0 Å². The van der Waals surface area contributed by atoms with Gasteiger partial charge in [-0.05, 0) is 37.0 Å². The maximum atomic E-state index is 3.62. The molecule has 1 fully saturated rings. The van der Waals surface area contributed by atoms with Crippen LogP contribution in [0.15, 0.2) is 24.4 Å². The first kappa shape index (κ1) is 9.91. The Morgan fingerprint density at radius 1 is 1.38 bits per heavy atom. The van der Waals surface area contributed by atoms with Gasteiger partial charge in [-0.3, -0.25) is 0 Å². The molecule has 2 aromatic rings. The van der Waals surface area contributed by atoms with Crippen LogP contribution in [0.3, 0.4) is 0 Å². The molecule has 0 unspecified atom stereocenters. The Hall–Kier alpha value is -1.28. The number of aromatic amines is 1. The van der Waals surface area contributed by atoms with Crippen LogP contribution in [0, 0.1) is 6.92 Å². The molecule has 0 aliphatic heterocycles. The molecule has 16 heavy (non-hydrogen) atoms. The smallest absolute Gasteiger partial charge is 0.0459 e. The number of aryl methyl sites for hydroxylation is 1. The van der Waals surface area contributed by atoms with Crippen LogP contribution in [-0.2, 0) is 6.54 Å². The Labute approximate surface area is 96.1 Å². The summed E-state index contributed by atoms with van der Waals surface area (Å²) in [5.74, 6) is 0. The summed E-state index contributed by atoms with van der Waals surface area (Å²) in [4.78, 5) is 3.35.